The molecule has 1 saturated heterocycles. The monoisotopic (exact) mass is 1020 g/mol. The van der Waals surface area contributed by atoms with Crippen LogP contribution < -0.4 is 35.7 Å². The van der Waals surface area contributed by atoms with Crippen LogP contribution in [0.4, 0.5) is 28.9 Å². The Hall–Kier alpha value is -7.12. The van der Waals surface area contributed by atoms with Crippen molar-refractivity contribution in [2.45, 2.75) is 51.7 Å². The number of methoxy groups -OCH3 is 1. The van der Waals surface area contributed by atoms with Crippen molar-refractivity contribution in [2.24, 2.45) is 0 Å². The fourth-order valence-electron chi connectivity index (χ4n) is 8.20. The third-order valence-corrected chi connectivity index (χ3v) is 11.7. The van der Waals surface area contributed by atoms with E-state index in [-0.39, 0.29) is 69.0 Å². The van der Waals surface area contributed by atoms with Gasteiger partial charge in [0.15, 0.2) is 6.61 Å². The third-order valence-electron chi connectivity index (χ3n) is 11.7. The smallest absolute Gasteiger partial charge is 0.406 e. The van der Waals surface area contributed by atoms with E-state index >= 15 is 0 Å². The van der Waals surface area contributed by atoms with Crippen molar-refractivity contribution in [3.05, 3.63) is 112 Å². The Balaban J connectivity index is 0.741. The number of halogens is 4. The molecule has 1 aliphatic heterocycles. The van der Waals surface area contributed by atoms with Crippen molar-refractivity contribution in [3.63, 3.8) is 0 Å². The predicted molar refractivity (Wildman–Crippen MR) is 266 cm³/mol. The molecule has 4 aromatic heterocycles. The van der Waals surface area contributed by atoms with Crippen LogP contribution in [0.3, 0.4) is 0 Å². The maximum absolute atomic E-state index is 14.9. The van der Waals surface area contributed by atoms with Crippen molar-refractivity contribution < 1.29 is 55.3 Å². The number of alkyl halides is 4. The van der Waals surface area contributed by atoms with Crippen LogP contribution >= 0.6 is 0 Å². The van der Waals surface area contributed by atoms with Crippen LogP contribution in [0.1, 0.15) is 29.1 Å². The summed E-state index contributed by atoms with van der Waals surface area (Å²) in [4.78, 5) is 31.1. The minimum absolute atomic E-state index is 0.109. The van der Waals surface area contributed by atoms with Crippen molar-refractivity contribution in [1.29, 1.82) is 0 Å². The minimum Gasteiger partial charge on any atom is -0.494 e. The number of piperidine rings is 1. The number of likely N-dealkylation sites (tertiary alicyclic amines) is 1. The number of carbonyl (C=O) groups excluding carboxylic acids is 1. The van der Waals surface area contributed by atoms with Gasteiger partial charge < -0.3 is 62.9 Å². The van der Waals surface area contributed by atoms with E-state index in [9.17, 15) is 27.2 Å². The summed E-state index contributed by atoms with van der Waals surface area (Å²) in [6, 6.07) is 18.1. The first kappa shape index (κ1) is 53.7. The molecule has 3 N–H and O–H groups in total. The number of aryl methyl sites for hydroxylation is 2. The normalized spacial score (nSPS) is 14.9. The van der Waals surface area contributed by atoms with E-state index in [1.807, 2.05) is 25.8 Å². The highest BCUT2D eigenvalue weighted by atomic mass is 19.4. The summed E-state index contributed by atoms with van der Waals surface area (Å²) in [6.07, 6.45) is -1.72. The summed E-state index contributed by atoms with van der Waals surface area (Å²) in [6.45, 7) is 6.04. The zero-order chi connectivity index (χ0) is 51.7. The molecule has 0 aliphatic carbocycles. The maximum atomic E-state index is 14.9. The lowest BCUT2D eigenvalue weighted by atomic mass is 10.0. The van der Waals surface area contributed by atoms with E-state index in [0.29, 0.717) is 85.5 Å². The van der Waals surface area contributed by atoms with Crippen LogP contribution in [0.5, 0.6) is 17.4 Å². The van der Waals surface area contributed by atoms with Gasteiger partial charge in [0.2, 0.25) is 5.88 Å². The molecule has 73 heavy (non-hydrogen) atoms. The first-order valence-electron chi connectivity index (χ1n) is 23.8. The zero-order valence-corrected chi connectivity index (χ0v) is 41.2. The van der Waals surface area contributed by atoms with Gasteiger partial charge in [-0.3, -0.25) is 9.59 Å². The summed E-state index contributed by atoms with van der Waals surface area (Å²) in [5.41, 5.74) is 4.70. The Morgan fingerprint density at radius 1 is 0.932 bits per heavy atom. The van der Waals surface area contributed by atoms with Crippen LogP contribution in [-0.4, -0.2) is 142 Å². The molecular formula is C52H60F4N8O9. The highest BCUT2D eigenvalue weighted by Crippen LogP contribution is 2.33. The van der Waals surface area contributed by atoms with Gasteiger partial charge in [0.1, 0.15) is 36.6 Å². The van der Waals surface area contributed by atoms with Crippen LogP contribution in [0.2, 0.25) is 0 Å². The van der Waals surface area contributed by atoms with Gasteiger partial charge in [0.25, 0.3) is 11.5 Å². The van der Waals surface area contributed by atoms with Gasteiger partial charge in [0.05, 0.1) is 88.5 Å². The average molecular weight is 1020 g/mol. The molecule has 1 fully saturated rings. The number of hydrogen-bond donors (Lipinski definition) is 3. The maximum Gasteiger partial charge on any atom is 0.406 e. The molecule has 7 rings (SSSR count). The molecule has 17 nitrogen and oxygen atoms in total. The van der Waals surface area contributed by atoms with Gasteiger partial charge in [-0.05, 0) is 81.3 Å². The largest absolute Gasteiger partial charge is 0.494 e. The van der Waals surface area contributed by atoms with Crippen molar-refractivity contribution >= 4 is 28.2 Å². The Kier molecular flexibility index (Phi) is 19.1. The standard InChI is InChI=1S/C52H60F4N8O9/c1-35-51(36(2)73-61-35)38-10-13-50(66)63(31-38)30-37-14-17-59-49(27-37)72-33-48(65)58-18-20-68-21-22-69-23-24-70-25-26-71-40-11-12-45(47(29-40)67-4)57-16-6-7-39-28-41-43(60-44-15-19-62(3)32-42(44)53)8-5-9-46(41)64(39)34-52(54,55)56/h5,8-14,17,27-29,31,42,44,57,60H,15-16,18-26,30,32-34H2,1-4H3,(H,58,65)/t42-,44?/m0/s1. The number of aromatic nitrogens is 4. The van der Waals surface area contributed by atoms with E-state index < -0.39 is 24.9 Å². The molecule has 0 radical (unpaired) electrons. The summed E-state index contributed by atoms with van der Waals surface area (Å²) in [7, 11) is 3.37. The number of pyridine rings is 2. The molecule has 21 heteroatoms. The fraction of sp³-hybridized carbons (Fsp3) is 0.423. The van der Waals surface area contributed by atoms with Crippen LogP contribution in [0, 0.1) is 25.7 Å². The SMILES string of the molecule is COc1cc(OCCOCCOCCOCCNC(=O)COc2cc(Cn3cc(-c4c(C)noc4C)ccc3=O)ccn2)ccc1NCC#Cc1cc2c(NC3CCN(C)C[C@@H]3F)cccc2n1CC(F)(F)F. The van der Waals surface area contributed by atoms with E-state index in [2.05, 4.69) is 37.9 Å². The van der Waals surface area contributed by atoms with Gasteiger partial charge in [0, 0.05) is 72.4 Å². The number of nitrogens with zero attached hydrogens (tertiary/aromatic N) is 5. The summed E-state index contributed by atoms with van der Waals surface area (Å²) in [5, 5.41) is 13.7. The second-order valence-electron chi connectivity index (χ2n) is 17.2. The van der Waals surface area contributed by atoms with Crippen LogP contribution in [0.25, 0.3) is 22.0 Å². The summed E-state index contributed by atoms with van der Waals surface area (Å²) < 4.78 is 97.8. The first-order valence-corrected chi connectivity index (χ1v) is 23.8. The molecule has 0 spiro atoms. The molecule has 0 saturated carbocycles. The molecule has 6 aromatic rings. The molecule has 390 valence electrons. The number of anilines is 2. The third kappa shape index (κ3) is 15.7. The van der Waals surface area contributed by atoms with Gasteiger partial charge in [-0.25, -0.2) is 9.37 Å². The van der Waals surface area contributed by atoms with Crippen LogP contribution in [0.15, 0.2) is 88.4 Å². The molecule has 1 aliphatic rings. The Morgan fingerprint density at radius 2 is 1.71 bits per heavy atom. The Bertz CT molecular complexity index is 2880. The highest BCUT2D eigenvalue weighted by Gasteiger charge is 2.31. The Morgan fingerprint density at radius 3 is 2.45 bits per heavy atom. The molecule has 5 heterocycles. The van der Waals surface area contributed by atoms with Gasteiger partial charge in [-0.1, -0.05) is 17.1 Å². The summed E-state index contributed by atoms with van der Waals surface area (Å²) >= 11 is 0. The van der Waals surface area contributed by atoms with E-state index in [1.54, 1.807) is 77.6 Å². The lowest BCUT2D eigenvalue weighted by Crippen LogP contribution is -2.46. The number of carbonyl (C=O) groups is 1. The van der Waals surface area contributed by atoms with Crippen LogP contribution in [-0.2, 0) is 32.1 Å². The van der Waals surface area contributed by atoms with E-state index in [1.165, 1.54) is 13.2 Å². The quantitative estimate of drug-likeness (QED) is 0.0316. The first-order chi connectivity index (χ1) is 35.2. The lowest BCUT2D eigenvalue weighted by molar-refractivity contribution is -0.140. The predicted octanol–water partition coefficient (Wildman–Crippen LogP) is 6.63. The number of benzene rings is 2. The Labute approximate surface area is 420 Å². The fourth-order valence-corrected chi connectivity index (χ4v) is 8.20. The van der Waals surface area contributed by atoms with E-state index in [4.69, 9.17) is 32.9 Å². The second kappa shape index (κ2) is 26.0. The molecule has 0 bridgehead atoms. The number of nitrogens with one attached hydrogen (secondary N) is 3. The second-order valence-corrected chi connectivity index (χ2v) is 17.2. The van der Waals surface area contributed by atoms with Crippen molar-refractivity contribution in [2.75, 3.05) is 104 Å². The summed E-state index contributed by atoms with van der Waals surface area (Å²) in [5.74, 6) is 7.43. The number of fused-ring (bicyclic) bond motifs is 1. The molecule has 2 atom stereocenters. The molecular weight excluding hydrogens is 957 g/mol. The molecule has 2 aromatic carbocycles. The topological polar surface area (TPSA) is 178 Å². The minimum atomic E-state index is -4.49. The average Bonchev–Trinajstić information content (AvgIpc) is 3.89. The van der Waals surface area contributed by atoms with E-state index in [0.717, 1.165) is 27.0 Å². The van der Waals surface area contributed by atoms with Crippen molar-refractivity contribution in [1.82, 2.24) is 29.5 Å². The molecule has 1 unspecified atom stereocenters. The highest BCUT2D eigenvalue weighted by molar-refractivity contribution is 5.94. The number of hydrogen-bond acceptors (Lipinski definition) is 14. The molecule has 1 amide bonds. The zero-order valence-electron chi connectivity index (χ0n) is 41.2. The van der Waals surface area contributed by atoms with Crippen molar-refractivity contribution in [3.8, 4) is 40.3 Å². The van der Waals surface area contributed by atoms with Gasteiger partial charge in [-0.2, -0.15) is 13.2 Å². The number of ether oxygens (including phenoxy) is 6. The number of amides is 1. The van der Waals surface area contributed by atoms with Gasteiger partial charge in [-0.15, -0.1) is 0 Å². The van der Waals surface area contributed by atoms with Gasteiger partial charge >= 0.3 is 6.18 Å². The number of rotatable bonds is 25. The lowest BCUT2D eigenvalue weighted by Gasteiger charge is -2.33.